The Morgan fingerprint density at radius 2 is 1.77 bits per heavy atom. The van der Waals surface area contributed by atoms with Crippen LogP contribution in [0.1, 0.15) is 35.4 Å². The molecule has 2 aromatic carbocycles. The molecule has 0 N–H and O–H groups in total. The molecule has 0 spiro atoms. The van der Waals surface area contributed by atoms with Crippen molar-refractivity contribution >= 4 is 5.78 Å². The monoisotopic (exact) mass is 476 g/mol. The number of rotatable bonds is 6. The van der Waals surface area contributed by atoms with Gasteiger partial charge in [0.2, 0.25) is 5.78 Å². The lowest BCUT2D eigenvalue weighted by molar-refractivity contribution is -0.690. The van der Waals surface area contributed by atoms with Crippen LogP contribution in [0.25, 0.3) is 11.3 Å². The average molecular weight is 477 g/mol. The lowest BCUT2D eigenvalue weighted by atomic mass is 10.1. The third-order valence-corrected chi connectivity index (χ3v) is 5.28. The van der Waals surface area contributed by atoms with Crippen molar-refractivity contribution in [3.8, 4) is 17.0 Å². The van der Waals surface area contributed by atoms with Crippen molar-refractivity contribution in [1.82, 2.24) is 4.57 Å². The van der Waals surface area contributed by atoms with Crippen molar-refractivity contribution in [3.63, 3.8) is 0 Å². The zero-order valence-corrected chi connectivity index (χ0v) is 18.0. The van der Waals surface area contributed by atoms with E-state index in [-0.39, 0.29) is 35.1 Å². The van der Waals surface area contributed by atoms with Gasteiger partial charge in [0.25, 0.3) is 5.82 Å². The van der Waals surface area contributed by atoms with Crippen LogP contribution in [0.5, 0.6) is 5.75 Å². The highest BCUT2D eigenvalue weighted by atomic mass is 79.9. The first-order chi connectivity index (χ1) is 14.1. The molecule has 1 aliphatic heterocycles. The summed E-state index contributed by atoms with van der Waals surface area (Å²) in [6.45, 7) is -1.71. The number of nitrogens with zero attached hydrogens (tertiary/aromatic N) is 2. The molecule has 0 aliphatic carbocycles. The highest BCUT2D eigenvalue weighted by Gasteiger charge is 2.27. The van der Waals surface area contributed by atoms with Gasteiger partial charge < -0.3 is 21.7 Å². The van der Waals surface area contributed by atoms with E-state index in [1.807, 2.05) is 22.8 Å². The van der Waals surface area contributed by atoms with Gasteiger partial charge in [-0.05, 0) is 43.5 Å². The van der Waals surface area contributed by atoms with Crippen LogP contribution in [0.4, 0.5) is 8.78 Å². The number of Topliss-reactive ketones (excluding diaryl/α,β-unsaturated/α-hetero) is 1. The topological polar surface area (TPSA) is 35.1 Å². The first kappa shape index (κ1) is 22.2. The third-order valence-electron chi connectivity index (χ3n) is 5.28. The molecule has 0 unspecified atom stereocenters. The predicted octanol–water partition coefficient (Wildman–Crippen LogP) is 1.66. The first-order valence-corrected chi connectivity index (χ1v) is 9.87. The zero-order valence-electron chi connectivity index (χ0n) is 16.4. The van der Waals surface area contributed by atoms with Crippen molar-refractivity contribution in [2.75, 3.05) is 0 Å². The molecule has 0 saturated carbocycles. The summed E-state index contributed by atoms with van der Waals surface area (Å²) in [4.78, 5) is 12.8. The SMILES string of the molecule is O=C(C[n+]1cc(-c2ccccc2)n2c1CCCCC2)c1ccc(OC(F)F)cc1.[Br-]. The number of ketones is 1. The molecule has 2 heterocycles. The minimum absolute atomic E-state index is 0. The molecule has 0 amide bonds. The summed E-state index contributed by atoms with van der Waals surface area (Å²) in [5.41, 5.74) is 2.74. The fraction of sp³-hybridized carbons (Fsp3) is 0.304. The molecule has 0 radical (unpaired) electrons. The second-order valence-corrected chi connectivity index (χ2v) is 7.21. The van der Waals surface area contributed by atoms with Crippen LogP contribution in [0.2, 0.25) is 0 Å². The number of fused-ring (bicyclic) bond motifs is 1. The fourth-order valence-corrected chi connectivity index (χ4v) is 3.89. The normalized spacial score (nSPS) is 13.3. The summed E-state index contributed by atoms with van der Waals surface area (Å²) in [5.74, 6) is 1.15. The maximum atomic E-state index is 12.8. The van der Waals surface area contributed by atoms with Crippen LogP contribution in [-0.2, 0) is 19.5 Å². The number of hydrogen-bond acceptors (Lipinski definition) is 2. The maximum absolute atomic E-state index is 12.8. The van der Waals surface area contributed by atoms with Gasteiger partial charge in [0.15, 0.2) is 12.2 Å². The lowest BCUT2D eigenvalue weighted by Crippen LogP contribution is -3.00. The van der Waals surface area contributed by atoms with Crippen molar-refractivity contribution in [3.05, 3.63) is 72.2 Å². The van der Waals surface area contributed by atoms with Gasteiger partial charge in [0.1, 0.15) is 11.9 Å². The van der Waals surface area contributed by atoms with Crippen molar-refractivity contribution < 1.29 is 39.9 Å². The van der Waals surface area contributed by atoms with Crippen molar-refractivity contribution in [2.45, 2.75) is 45.4 Å². The smallest absolute Gasteiger partial charge is 0.387 e. The van der Waals surface area contributed by atoms with Gasteiger partial charge >= 0.3 is 6.61 Å². The molecule has 30 heavy (non-hydrogen) atoms. The number of halogens is 3. The van der Waals surface area contributed by atoms with Gasteiger partial charge in [-0.3, -0.25) is 4.79 Å². The Kier molecular flexibility index (Phi) is 7.37. The van der Waals surface area contributed by atoms with Gasteiger partial charge in [0, 0.05) is 17.5 Å². The zero-order chi connectivity index (χ0) is 20.2. The number of imidazole rings is 1. The molecule has 4 rings (SSSR count). The minimum atomic E-state index is -2.87. The summed E-state index contributed by atoms with van der Waals surface area (Å²) < 4.78 is 33.3. The highest BCUT2D eigenvalue weighted by molar-refractivity contribution is 5.95. The Labute approximate surface area is 184 Å². The summed E-state index contributed by atoms with van der Waals surface area (Å²) >= 11 is 0. The van der Waals surface area contributed by atoms with E-state index < -0.39 is 6.61 Å². The van der Waals surface area contributed by atoms with E-state index in [1.165, 1.54) is 30.7 Å². The van der Waals surface area contributed by atoms with Crippen molar-refractivity contribution in [2.24, 2.45) is 0 Å². The summed E-state index contributed by atoms with van der Waals surface area (Å²) in [6, 6.07) is 16.1. The standard InChI is InChI=1S/C23H23F2N2O2.BrH/c24-23(25)29-19-12-10-18(11-13-19)21(28)16-26-15-20(17-7-3-1-4-8-17)27-14-6-2-5-9-22(26)27;/h1,3-4,7-8,10-13,15,23H,2,5-6,9,14,16H2;1H/q+1;/p-1. The van der Waals surface area contributed by atoms with E-state index in [0.29, 0.717) is 5.56 Å². The molecule has 4 nitrogen and oxygen atoms in total. The summed E-state index contributed by atoms with van der Waals surface area (Å²) in [5, 5.41) is 0. The molecule has 0 atom stereocenters. The van der Waals surface area contributed by atoms with Gasteiger partial charge in [-0.1, -0.05) is 30.3 Å². The second-order valence-electron chi connectivity index (χ2n) is 7.21. The van der Waals surface area contributed by atoms with E-state index in [0.717, 1.165) is 42.9 Å². The Balaban J connectivity index is 0.00000256. The van der Waals surface area contributed by atoms with E-state index >= 15 is 0 Å². The second kappa shape index (κ2) is 9.98. The summed E-state index contributed by atoms with van der Waals surface area (Å²) in [7, 11) is 0. The predicted molar refractivity (Wildman–Crippen MR) is 105 cm³/mol. The van der Waals surface area contributed by atoms with Crippen LogP contribution in [0.3, 0.4) is 0 Å². The van der Waals surface area contributed by atoms with E-state index in [9.17, 15) is 13.6 Å². The van der Waals surface area contributed by atoms with Gasteiger partial charge in [-0.25, -0.2) is 9.13 Å². The van der Waals surface area contributed by atoms with Crippen LogP contribution in [0, 0.1) is 0 Å². The maximum Gasteiger partial charge on any atom is 0.387 e. The minimum Gasteiger partial charge on any atom is -1.00 e. The van der Waals surface area contributed by atoms with E-state index in [2.05, 4.69) is 27.6 Å². The lowest BCUT2D eigenvalue weighted by Gasteiger charge is -2.05. The molecule has 3 aromatic rings. The summed E-state index contributed by atoms with van der Waals surface area (Å²) in [6.07, 6.45) is 6.39. The number of ether oxygens (including phenoxy) is 1. The Morgan fingerprint density at radius 1 is 1.03 bits per heavy atom. The molecule has 158 valence electrons. The van der Waals surface area contributed by atoms with Gasteiger partial charge in [-0.15, -0.1) is 0 Å². The van der Waals surface area contributed by atoms with E-state index in [4.69, 9.17) is 0 Å². The molecule has 0 bridgehead atoms. The molecule has 1 aromatic heterocycles. The van der Waals surface area contributed by atoms with Crippen molar-refractivity contribution in [1.29, 1.82) is 0 Å². The Bertz CT molecular complexity index is 988. The molecule has 0 saturated heterocycles. The highest BCUT2D eigenvalue weighted by Crippen LogP contribution is 2.24. The number of benzene rings is 2. The first-order valence-electron chi connectivity index (χ1n) is 9.87. The number of carbonyl (C=O) groups is 1. The molecule has 0 fully saturated rings. The molecule has 1 aliphatic rings. The number of hydrogen-bond donors (Lipinski definition) is 0. The molecule has 7 heteroatoms. The number of alkyl halides is 2. The van der Waals surface area contributed by atoms with Crippen LogP contribution >= 0.6 is 0 Å². The number of aromatic nitrogens is 2. The van der Waals surface area contributed by atoms with Crippen LogP contribution in [0.15, 0.2) is 60.8 Å². The third kappa shape index (κ3) is 4.95. The van der Waals surface area contributed by atoms with Crippen LogP contribution in [-0.4, -0.2) is 17.0 Å². The average Bonchev–Trinajstić information content (AvgIpc) is 2.89. The number of carbonyl (C=O) groups excluding carboxylic acids is 1. The van der Waals surface area contributed by atoms with Gasteiger partial charge in [0.05, 0.1) is 6.54 Å². The Morgan fingerprint density at radius 3 is 2.47 bits per heavy atom. The quantitative estimate of drug-likeness (QED) is 0.400. The van der Waals surface area contributed by atoms with Gasteiger partial charge in [-0.2, -0.15) is 8.78 Å². The fourth-order valence-electron chi connectivity index (χ4n) is 3.89. The largest absolute Gasteiger partial charge is 1.00 e. The van der Waals surface area contributed by atoms with Crippen LogP contribution < -0.4 is 26.3 Å². The Hall–Kier alpha value is -2.54. The van der Waals surface area contributed by atoms with E-state index in [1.54, 1.807) is 0 Å². The molecular formula is C23H23BrF2N2O2. The molecular weight excluding hydrogens is 454 g/mol.